The summed E-state index contributed by atoms with van der Waals surface area (Å²) in [6, 6.07) is 0. The SMILES string of the molecule is CCCS(=O)(=O)C1C=CC=CN1C. The van der Waals surface area contributed by atoms with Gasteiger partial charge in [-0.1, -0.05) is 13.0 Å². The van der Waals surface area contributed by atoms with E-state index in [0.29, 0.717) is 6.42 Å². The van der Waals surface area contributed by atoms with Crippen LogP contribution in [0.25, 0.3) is 0 Å². The Hall–Kier alpha value is -0.770. The number of rotatable bonds is 3. The van der Waals surface area contributed by atoms with Gasteiger partial charge in [-0.05, 0) is 18.6 Å². The number of likely N-dealkylation sites (N-methyl/N-ethyl adjacent to an activating group) is 1. The fourth-order valence-corrected chi connectivity index (χ4v) is 3.06. The van der Waals surface area contributed by atoms with E-state index in [2.05, 4.69) is 0 Å². The summed E-state index contributed by atoms with van der Waals surface area (Å²) in [7, 11) is -1.22. The molecule has 0 fully saturated rings. The molecule has 3 nitrogen and oxygen atoms in total. The maximum absolute atomic E-state index is 11.7. The van der Waals surface area contributed by atoms with Gasteiger partial charge in [0, 0.05) is 13.2 Å². The second kappa shape index (κ2) is 3.96. The van der Waals surface area contributed by atoms with E-state index >= 15 is 0 Å². The van der Waals surface area contributed by atoms with Crippen LogP contribution in [0.2, 0.25) is 0 Å². The van der Waals surface area contributed by atoms with E-state index < -0.39 is 15.2 Å². The first-order chi connectivity index (χ1) is 6.08. The fourth-order valence-electron chi connectivity index (χ4n) is 1.34. The van der Waals surface area contributed by atoms with E-state index in [4.69, 9.17) is 0 Å². The van der Waals surface area contributed by atoms with Crippen molar-refractivity contribution >= 4 is 9.84 Å². The summed E-state index contributed by atoms with van der Waals surface area (Å²) in [5, 5.41) is -0.475. The second-order valence-corrected chi connectivity index (χ2v) is 5.37. The maximum atomic E-state index is 11.7. The molecule has 0 radical (unpaired) electrons. The minimum absolute atomic E-state index is 0.250. The largest absolute Gasteiger partial charge is 0.361 e. The Kier molecular flexibility index (Phi) is 3.14. The molecule has 1 unspecified atom stereocenters. The quantitative estimate of drug-likeness (QED) is 0.687. The van der Waals surface area contributed by atoms with Gasteiger partial charge in [-0.2, -0.15) is 0 Å². The van der Waals surface area contributed by atoms with Gasteiger partial charge in [-0.15, -0.1) is 0 Å². The van der Waals surface area contributed by atoms with Crippen molar-refractivity contribution in [1.82, 2.24) is 4.90 Å². The van der Waals surface area contributed by atoms with Crippen LogP contribution in [0.5, 0.6) is 0 Å². The van der Waals surface area contributed by atoms with E-state index in [1.54, 1.807) is 30.3 Å². The molecule has 1 aliphatic heterocycles. The van der Waals surface area contributed by atoms with E-state index in [-0.39, 0.29) is 5.75 Å². The lowest BCUT2D eigenvalue weighted by Crippen LogP contribution is -2.35. The van der Waals surface area contributed by atoms with Crippen molar-refractivity contribution in [2.75, 3.05) is 12.8 Å². The van der Waals surface area contributed by atoms with Crippen LogP contribution in [0.1, 0.15) is 13.3 Å². The molecule has 0 saturated carbocycles. The molecule has 1 heterocycles. The molecule has 1 aliphatic rings. The number of allylic oxidation sites excluding steroid dienone is 2. The predicted molar refractivity (Wildman–Crippen MR) is 53.9 cm³/mol. The smallest absolute Gasteiger partial charge is 0.174 e. The Labute approximate surface area is 79.7 Å². The number of hydrogen-bond acceptors (Lipinski definition) is 3. The molecular formula is C9H15NO2S. The Morgan fingerprint density at radius 3 is 2.62 bits per heavy atom. The molecule has 13 heavy (non-hydrogen) atoms. The zero-order chi connectivity index (χ0) is 9.90. The second-order valence-electron chi connectivity index (χ2n) is 3.15. The average molecular weight is 201 g/mol. The van der Waals surface area contributed by atoms with Crippen LogP contribution >= 0.6 is 0 Å². The summed E-state index contributed by atoms with van der Waals surface area (Å²) in [5.41, 5.74) is 0. The zero-order valence-corrected chi connectivity index (χ0v) is 8.79. The summed E-state index contributed by atoms with van der Waals surface area (Å²) in [6.45, 7) is 1.87. The van der Waals surface area contributed by atoms with Crippen molar-refractivity contribution < 1.29 is 8.42 Å². The fraction of sp³-hybridized carbons (Fsp3) is 0.556. The van der Waals surface area contributed by atoms with Crippen molar-refractivity contribution in [3.63, 3.8) is 0 Å². The molecular weight excluding hydrogens is 186 g/mol. The van der Waals surface area contributed by atoms with Crippen LogP contribution in [0.3, 0.4) is 0 Å². The number of nitrogens with zero attached hydrogens (tertiary/aromatic N) is 1. The maximum Gasteiger partial charge on any atom is 0.174 e. The first kappa shape index (κ1) is 10.3. The molecule has 0 aromatic carbocycles. The molecule has 74 valence electrons. The van der Waals surface area contributed by atoms with Crippen LogP contribution < -0.4 is 0 Å². The third-order valence-corrected chi connectivity index (χ3v) is 4.17. The highest BCUT2D eigenvalue weighted by Crippen LogP contribution is 2.13. The summed E-state index contributed by atoms with van der Waals surface area (Å²) in [5.74, 6) is 0.250. The van der Waals surface area contributed by atoms with Crippen molar-refractivity contribution in [2.24, 2.45) is 0 Å². The average Bonchev–Trinajstić information content (AvgIpc) is 2.04. The van der Waals surface area contributed by atoms with E-state index in [0.717, 1.165) is 0 Å². The van der Waals surface area contributed by atoms with Crippen molar-refractivity contribution in [3.8, 4) is 0 Å². The van der Waals surface area contributed by atoms with Crippen LogP contribution in [-0.2, 0) is 9.84 Å². The first-order valence-corrected chi connectivity index (χ1v) is 6.08. The molecule has 0 spiro atoms. The van der Waals surface area contributed by atoms with Gasteiger partial charge in [0.1, 0.15) is 5.37 Å². The monoisotopic (exact) mass is 201 g/mol. The molecule has 1 rings (SSSR count). The molecule has 0 aromatic rings. The Balaban J connectivity index is 2.83. The molecule has 0 saturated heterocycles. The lowest BCUT2D eigenvalue weighted by Gasteiger charge is -2.25. The van der Waals surface area contributed by atoms with Crippen molar-refractivity contribution in [2.45, 2.75) is 18.7 Å². The molecule has 0 aliphatic carbocycles. The summed E-state index contributed by atoms with van der Waals surface area (Å²) < 4.78 is 23.3. The van der Waals surface area contributed by atoms with Gasteiger partial charge in [0.05, 0.1) is 5.75 Å². The molecule has 4 heteroatoms. The first-order valence-electron chi connectivity index (χ1n) is 4.36. The predicted octanol–water partition coefficient (Wildman–Crippen LogP) is 1.15. The highest BCUT2D eigenvalue weighted by atomic mass is 32.2. The Morgan fingerprint density at radius 2 is 2.08 bits per heavy atom. The van der Waals surface area contributed by atoms with Crippen molar-refractivity contribution in [1.29, 1.82) is 0 Å². The number of hydrogen-bond donors (Lipinski definition) is 0. The third-order valence-electron chi connectivity index (χ3n) is 1.97. The molecule has 0 aromatic heterocycles. The molecule has 0 amide bonds. The highest BCUT2D eigenvalue weighted by molar-refractivity contribution is 7.92. The minimum Gasteiger partial charge on any atom is -0.361 e. The van der Waals surface area contributed by atoms with Crippen LogP contribution in [0.15, 0.2) is 24.4 Å². The van der Waals surface area contributed by atoms with E-state index in [1.807, 2.05) is 13.0 Å². The number of sulfone groups is 1. The minimum atomic E-state index is -2.99. The third kappa shape index (κ3) is 2.34. The zero-order valence-electron chi connectivity index (χ0n) is 7.97. The van der Waals surface area contributed by atoms with E-state index in [1.165, 1.54) is 0 Å². The van der Waals surface area contributed by atoms with E-state index in [9.17, 15) is 8.42 Å². The van der Waals surface area contributed by atoms with Gasteiger partial charge < -0.3 is 4.90 Å². The van der Waals surface area contributed by atoms with Gasteiger partial charge in [-0.25, -0.2) is 8.42 Å². The summed E-state index contributed by atoms with van der Waals surface area (Å²) >= 11 is 0. The molecule has 0 N–H and O–H groups in total. The van der Waals surface area contributed by atoms with Crippen LogP contribution in [0, 0.1) is 0 Å². The normalized spacial score (nSPS) is 22.3. The lowest BCUT2D eigenvalue weighted by molar-refractivity contribution is 0.444. The molecule has 0 bridgehead atoms. The van der Waals surface area contributed by atoms with Gasteiger partial charge in [0.25, 0.3) is 0 Å². The van der Waals surface area contributed by atoms with Gasteiger partial charge in [0.15, 0.2) is 9.84 Å². The topological polar surface area (TPSA) is 37.4 Å². The summed E-state index contributed by atoms with van der Waals surface area (Å²) in [4.78, 5) is 1.71. The lowest BCUT2D eigenvalue weighted by atomic mass is 10.4. The van der Waals surface area contributed by atoms with Gasteiger partial charge in [-0.3, -0.25) is 0 Å². The van der Waals surface area contributed by atoms with Crippen molar-refractivity contribution in [3.05, 3.63) is 24.4 Å². The molecule has 1 atom stereocenters. The van der Waals surface area contributed by atoms with Gasteiger partial charge in [0.2, 0.25) is 0 Å². The Morgan fingerprint density at radius 1 is 1.38 bits per heavy atom. The standard InChI is InChI=1S/C9H15NO2S/c1-3-8-13(11,12)9-6-4-5-7-10(9)2/h4-7,9H,3,8H2,1-2H3. The van der Waals surface area contributed by atoms with Crippen LogP contribution in [-0.4, -0.2) is 31.5 Å². The van der Waals surface area contributed by atoms with Gasteiger partial charge >= 0.3 is 0 Å². The summed E-state index contributed by atoms with van der Waals surface area (Å²) in [6.07, 6.45) is 7.77. The van der Waals surface area contributed by atoms with Crippen LogP contribution in [0.4, 0.5) is 0 Å². The Bertz CT molecular complexity index is 317. The highest BCUT2D eigenvalue weighted by Gasteiger charge is 2.25.